The van der Waals surface area contributed by atoms with E-state index in [4.69, 9.17) is 5.73 Å². The number of carbonyl (C=O) groups is 1. The first-order chi connectivity index (χ1) is 11.8. The number of ether oxygens (including phenoxy) is 1. The van der Waals surface area contributed by atoms with Crippen molar-refractivity contribution in [1.82, 2.24) is 10.2 Å². The van der Waals surface area contributed by atoms with Crippen molar-refractivity contribution in [2.45, 2.75) is 39.3 Å². The third-order valence-corrected chi connectivity index (χ3v) is 4.64. The van der Waals surface area contributed by atoms with E-state index in [0.717, 1.165) is 25.1 Å². The molecular formula is C18H28ClF2N3O2. The predicted octanol–water partition coefficient (Wildman–Crippen LogP) is 2.43. The van der Waals surface area contributed by atoms with Crippen molar-refractivity contribution >= 4 is 18.3 Å². The van der Waals surface area contributed by atoms with Crippen LogP contribution in [0.15, 0.2) is 24.3 Å². The van der Waals surface area contributed by atoms with Crippen LogP contribution in [0.4, 0.5) is 8.78 Å². The second-order valence-electron chi connectivity index (χ2n) is 7.22. The largest absolute Gasteiger partial charge is 0.435 e. The van der Waals surface area contributed by atoms with Crippen LogP contribution in [0.1, 0.15) is 25.8 Å². The minimum Gasteiger partial charge on any atom is -0.435 e. The van der Waals surface area contributed by atoms with Gasteiger partial charge in [0.25, 0.3) is 0 Å². The van der Waals surface area contributed by atoms with E-state index >= 15 is 0 Å². The van der Waals surface area contributed by atoms with E-state index in [1.807, 2.05) is 0 Å². The zero-order chi connectivity index (χ0) is 18.4. The summed E-state index contributed by atoms with van der Waals surface area (Å²) in [5, 5.41) is 2.90. The summed E-state index contributed by atoms with van der Waals surface area (Å²) in [5.74, 6) is 0.123. The van der Waals surface area contributed by atoms with Gasteiger partial charge in [0.05, 0.1) is 6.54 Å². The summed E-state index contributed by atoms with van der Waals surface area (Å²) in [5.41, 5.74) is 7.07. The highest BCUT2D eigenvalue weighted by Crippen LogP contribution is 2.27. The first kappa shape index (κ1) is 22.6. The highest BCUT2D eigenvalue weighted by Gasteiger charge is 2.33. The number of piperidine rings is 1. The van der Waals surface area contributed by atoms with Crippen LogP contribution in [0.5, 0.6) is 5.75 Å². The van der Waals surface area contributed by atoms with E-state index in [9.17, 15) is 13.6 Å². The quantitative estimate of drug-likeness (QED) is 0.749. The van der Waals surface area contributed by atoms with Crippen molar-refractivity contribution in [1.29, 1.82) is 0 Å². The number of halogens is 3. The van der Waals surface area contributed by atoms with E-state index in [2.05, 4.69) is 28.8 Å². The molecule has 0 saturated carbocycles. The van der Waals surface area contributed by atoms with Gasteiger partial charge in [0.2, 0.25) is 5.91 Å². The molecule has 1 saturated heterocycles. The summed E-state index contributed by atoms with van der Waals surface area (Å²) in [6, 6.07) is 6.62. The smallest absolute Gasteiger partial charge is 0.387 e. The average Bonchev–Trinajstić information content (AvgIpc) is 2.52. The molecule has 0 aromatic heterocycles. The maximum atomic E-state index is 12.1. The summed E-state index contributed by atoms with van der Waals surface area (Å²) < 4.78 is 28.5. The molecule has 1 aromatic rings. The predicted molar refractivity (Wildman–Crippen MR) is 99.8 cm³/mol. The Morgan fingerprint density at radius 3 is 2.62 bits per heavy atom. The molecule has 8 heteroatoms. The minimum atomic E-state index is -2.82. The summed E-state index contributed by atoms with van der Waals surface area (Å²) in [7, 11) is 0. The number of benzene rings is 1. The number of hydrogen-bond acceptors (Lipinski definition) is 4. The van der Waals surface area contributed by atoms with E-state index < -0.39 is 6.61 Å². The highest BCUT2D eigenvalue weighted by atomic mass is 35.5. The van der Waals surface area contributed by atoms with Crippen LogP contribution in [-0.2, 0) is 11.2 Å². The fourth-order valence-electron chi connectivity index (χ4n) is 3.06. The van der Waals surface area contributed by atoms with Crippen LogP contribution < -0.4 is 15.8 Å². The Morgan fingerprint density at radius 2 is 2.04 bits per heavy atom. The fourth-order valence-corrected chi connectivity index (χ4v) is 3.06. The number of nitrogens with zero attached hydrogens (tertiary/aromatic N) is 1. The van der Waals surface area contributed by atoms with Crippen LogP contribution >= 0.6 is 12.4 Å². The molecule has 2 rings (SSSR count). The van der Waals surface area contributed by atoms with Gasteiger partial charge in [0.1, 0.15) is 5.75 Å². The molecule has 1 unspecified atom stereocenters. The van der Waals surface area contributed by atoms with Gasteiger partial charge in [0, 0.05) is 25.7 Å². The molecule has 1 fully saturated rings. The van der Waals surface area contributed by atoms with Gasteiger partial charge < -0.3 is 15.8 Å². The van der Waals surface area contributed by atoms with Gasteiger partial charge >= 0.3 is 6.61 Å². The SMILES string of the molecule is CC1(C)CN(CC(=O)NCCc2ccc(OC(F)F)cc2)CCC1N.Cl. The summed E-state index contributed by atoms with van der Waals surface area (Å²) >= 11 is 0. The molecule has 1 amide bonds. The molecule has 1 heterocycles. The Balaban J connectivity index is 0.00000338. The topological polar surface area (TPSA) is 67.6 Å². The third-order valence-electron chi connectivity index (χ3n) is 4.64. The number of likely N-dealkylation sites (tertiary alicyclic amines) is 1. The zero-order valence-corrected chi connectivity index (χ0v) is 16.0. The van der Waals surface area contributed by atoms with Crippen molar-refractivity contribution < 1.29 is 18.3 Å². The maximum absolute atomic E-state index is 12.1. The van der Waals surface area contributed by atoms with Crippen LogP contribution in [0, 0.1) is 5.41 Å². The van der Waals surface area contributed by atoms with E-state index in [0.29, 0.717) is 19.5 Å². The zero-order valence-electron chi connectivity index (χ0n) is 15.2. The third kappa shape index (κ3) is 7.05. The Hall–Kier alpha value is -1.44. The molecule has 0 radical (unpaired) electrons. The molecule has 0 bridgehead atoms. The van der Waals surface area contributed by atoms with Gasteiger partial charge in [-0.1, -0.05) is 26.0 Å². The van der Waals surface area contributed by atoms with Gasteiger partial charge in [-0.25, -0.2) is 0 Å². The molecule has 148 valence electrons. The molecule has 3 N–H and O–H groups in total. The normalized spacial score (nSPS) is 19.7. The number of nitrogens with one attached hydrogen (secondary N) is 1. The molecule has 0 aliphatic carbocycles. The van der Waals surface area contributed by atoms with Crippen LogP contribution in [0.3, 0.4) is 0 Å². The number of rotatable bonds is 7. The Morgan fingerprint density at radius 1 is 1.38 bits per heavy atom. The van der Waals surface area contributed by atoms with Gasteiger partial charge in [-0.2, -0.15) is 8.78 Å². The lowest BCUT2D eigenvalue weighted by molar-refractivity contribution is -0.123. The number of amides is 1. The van der Waals surface area contributed by atoms with E-state index in [-0.39, 0.29) is 35.5 Å². The van der Waals surface area contributed by atoms with Crippen LogP contribution in [0.25, 0.3) is 0 Å². The highest BCUT2D eigenvalue weighted by molar-refractivity contribution is 5.85. The lowest BCUT2D eigenvalue weighted by atomic mass is 9.80. The fraction of sp³-hybridized carbons (Fsp3) is 0.611. The van der Waals surface area contributed by atoms with Crippen LogP contribution in [0.2, 0.25) is 0 Å². The second kappa shape index (κ2) is 10.0. The molecule has 1 atom stereocenters. The molecule has 1 aromatic carbocycles. The molecule has 5 nitrogen and oxygen atoms in total. The summed E-state index contributed by atoms with van der Waals surface area (Å²) in [4.78, 5) is 14.2. The Labute approximate surface area is 159 Å². The van der Waals surface area contributed by atoms with Gasteiger partial charge in [-0.15, -0.1) is 12.4 Å². The molecule has 0 spiro atoms. The summed E-state index contributed by atoms with van der Waals surface area (Å²) in [6.07, 6.45) is 1.53. The molecule has 1 aliphatic rings. The van der Waals surface area contributed by atoms with Crippen molar-refractivity contribution in [3.05, 3.63) is 29.8 Å². The van der Waals surface area contributed by atoms with Gasteiger partial charge in [0.15, 0.2) is 0 Å². The van der Waals surface area contributed by atoms with E-state index in [1.54, 1.807) is 12.1 Å². The first-order valence-corrected chi connectivity index (χ1v) is 8.54. The molecular weight excluding hydrogens is 364 g/mol. The average molecular weight is 392 g/mol. The van der Waals surface area contributed by atoms with Crippen molar-refractivity contribution in [3.8, 4) is 5.75 Å². The molecule has 1 aliphatic heterocycles. The standard InChI is InChI=1S/C18H27F2N3O2.ClH/c1-18(2)12-23(10-8-15(18)21)11-16(24)22-9-7-13-3-5-14(6-4-13)25-17(19)20;/h3-6,15,17H,7-12,21H2,1-2H3,(H,22,24);1H. The second-order valence-corrected chi connectivity index (χ2v) is 7.22. The number of alkyl halides is 2. The Kier molecular flexibility index (Phi) is 8.73. The monoisotopic (exact) mass is 391 g/mol. The summed E-state index contributed by atoms with van der Waals surface area (Å²) in [6.45, 7) is 3.96. The van der Waals surface area contributed by atoms with Crippen LogP contribution in [-0.4, -0.2) is 49.6 Å². The van der Waals surface area contributed by atoms with Gasteiger partial charge in [-0.3, -0.25) is 9.69 Å². The maximum Gasteiger partial charge on any atom is 0.387 e. The van der Waals surface area contributed by atoms with Gasteiger partial charge in [-0.05, 0) is 36.0 Å². The number of carbonyl (C=O) groups excluding carboxylic acids is 1. The number of nitrogens with two attached hydrogens (primary N) is 1. The lowest BCUT2D eigenvalue weighted by Crippen LogP contribution is -2.54. The first-order valence-electron chi connectivity index (χ1n) is 8.54. The number of hydrogen-bond donors (Lipinski definition) is 2. The minimum absolute atomic E-state index is 0. The van der Waals surface area contributed by atoms with Crippen molar-refractivity contribution in [2.75, 3.05) is 26.2 Å². The molecule has 26 heavy (non-hydrogen) atoms. The van der Waals surface area contributed by atoms with E-state index in [1.165, 1.54) is 12.1 Å². The lowest BCUT2D eigenvalue weighted by Gasteiger charge is -2.42. The van der Waals surface area contributed by atoms with Crippen molar-refractivity contribution in [3.63, 3.8) is 0 Å². The van der Waals surface area contributed by atoms with Crippen molar-refractivity contribution in [2.24, 2.45) is 11.1 Å². The Bertz CT molecular complexity index is 570.